The molecular formula is C13H15NO4. The molecule has 1 aliphatic heterocycles. The molecule has 0 aromatic heterocycles. The Kier molecular flexibility index (Phi) is 3.45. The van der Waals surface area contributed by atoms with E-state index in [-0.39, 0.29) is 12.4 Å². The summed E-state index contributed by atoms with van der Waals surface area (Å²) in [5.74, 6) is -2.41. The van der Waals surface area contributed by atoms with Crippen LogP contribution in [0.15, 0.2) is 30.3 Å². The molecule has 0 saturated carbocycles. The predicted octanol–water partition coefficient (Wildman–Crippen LogP) is 1.04. The zero-order valence-corrected chi connectivity index (χ0v) is 9.83. The highest BCUT2D eigenvalue weighted by molar-refractivity contribution is 6.01. The van der Waals surface area contributed by atoms with Crippen LogP contribution in [0.4, 0.5) is 0 Å². The normalized spacial score (nSPS) is 27.7. The molecule has 2 unspecified atom stereocenters. The summed E-state index contributed by atoms with van der Waals surface area (Å²) in [4.78, 5) is 23.5. The lowest BCUT2D eigenvalue weighted by molar-refractivity contribution is -0.177. The number of ether oxygens (including phenoxy) is 1. The second-order valence-electron chi connectivity index (χ2n) is 4.37. The number of benzene rings is 1. The van der Waals surface area contributed by atoms with Crippen molar-refractivity contribution in [3.05, 3.63) is 35.9 Å². The minimum absolute atomic E-state index is 0.265. The highest BCUT2D eigenvalue weighted by Crippen LogP contribution is 2.30. The summed E-state index contributed by atoms with van der Waals surface area (Å²) in [6, 6.07) is 8.56. The maximum absolute atomic E-state index is 12.3. The smallest absolute Gasteiger partial charge is 0.352 e. The molecule has 3 N–H and O–H groups in total. The fourth-order valence-electron chi connectivity index (χ4n) is 2.18. The van der Waals surface area contributed by atoms with Gasteiger partial charge in [-0.25, -0.2) is 4.79 Å². The average molecular weight is 249 g/mol. The number of carboxylic acid groups (broad SMARTS) is 1. The van der Waals surface area contributed by atoms with Gasteiger partial charge < -0.3 is 9.84 Å². The SMILES string of the molecule is NC1(C(=O)O)OCCCC1C(=O)c1ccccc1. The number of carboxylic acids is 1. The number of nitrogens with two attached hydrogens (primary N) is 1. The third kappa shape index (κ3) is 2.14. The molecule has 0 aliphatic carbocycles. The van der Waals surface area contributed by atoms with Gasteiger partial charge in [0.2, 0.25) is 5.72 Å². The van der Waals surface area contributed by atoms with Crippen molar-refractivity contribution in [1.29, 1.82) is 0 Å². The van der Waals surface area contributed by atoms with Crippen molar-refractivity contribution in [2.45, 2.75) is 18.6 Å². The van der Waals surface area contributed by atoms with E-state index in [2.05, 4.69) is 0 Å². The summed E-state index contributed by atoms with van der Waals surface area (Å²) in [5, 5.41) is 9.16. The van der Waals surface area contributed by atoms with E-state index in [4.69, 9.17) is 15.6 Å². The highest BCUT2D eigenvalue weighted by Gasteiger charge is 2.49. The van der Waals surface area contributed by atoms with Gasteiger partial charge in [0.05, 0.1) is 5.92 Å². The Balaban J connectivity index is 2.30. The van der Waals surface area contributed by atoms with Gasteiger partial charge in [-0.3, -0.25) is 10.5 Å². The quantitative estimate of drug-likeness (QED) is 0.781. The fraction of sp³-hybridized carbons (Fsp3) is 0.385. The second kappa shape index (κ2) is 4.88. The third-order valence-electron chi connectivity index (χ3n) is 3.20. The van der Waals surface area contributed by atoms with E-state index in [0.29, 0.717) is 18.4 Å². The Morgan fingerprint density at radius 3 is 2.61 bits per heavy atom. The number of hydrogen-bond acceptors (Lipinski definition) is 4. The molecule has 1 aromatic carbocycles. The van der Waals surface area contributed by atoms with Crippen molar-refractivity contribution in [3.63, 3.8) is 0 Å². The maximum Gasteiger partial charge on any atom is 0.352 e. The molecule has 5 nitrogen and oxygen atoms in total. The van der Waals surface area contributed by atoms with Crippen LogP contribution >= 0.6 is 0 Å². The van der Waals surface area contributed by atoms with Crippen LogP contribution in [0.1, 0.15) is 23.2 Å². The van der Waals surface area contributed by atoms with Gasteiger partial charge in [0.15, 0.2) is 5.78 Å². The van der Waals surface area contributed by atoms with Crippen LogP contribution in [0.25, 0.3) is 0 Å². The standard InChI is InChI=1S/C13H15NO4/c14-13(12(16)17)10(7-4-8-18-13)11(15)9-5-2-1-3-6-9/h1-3,5-6,10H,4,7-8,14H2,(H,16,17). The molecule has 2 rings (SSSR count). The zero-order chi connectivity index (χ0) is 13.2. The van der Waals surface area contributed by atoms with Gasteiger partial charge in [0, 0.05) is 12.2 Å². The Morgan fingerprint density at radius 1 is 1.33 bits per heavy atom. The van der Waals surface area contributed by atoms with Crippen molar-refractivity contribution in [2.24, 2.45) is 11.7 Å². The van der Waals surface area contributed by atoms with Crippen molar-refractivity contribution in [2.75, 3.05) is 6.61 Å². The number of aliphatic carboxylic acids is 1. The van der Waals surface area contributed by atoms with Gasteiger partial charge in [-0.1, -0.05) is 30.3 Å². The fourth-order valence-corrected chi connectivity index (χ4v) is 2.18. The molecule has 5 heteroatoms. The number of rotatable bonds is 3. The minimum Gasteiger partial charge on any atom is -0.478 e. The summed E-state index contributed by atoms with van der Waals surface area (Å²) < 4.78 is 5.14. The van der Waals surface area contributed by atoms with Crippen LogP contribution in [-0.4, -0.2) is 29.2 Å². The Bertz CT molecular complexity index is 459. The second-order valence-corrected chi connectivity index (χ2v) is 4.37. The summed E-state index contributed by atoms with van der Waals surface area (Å²) in [6.07, 6.45) is 1.06. The van der Waals surface area contributed by atoms with Gasteiger partial charge in [-0.2, -0.15) is 0 Å². The van der Waals surface area contributed by atoms with Crippen molar-refractivity contribution >= 4 is 11.8 Å². The van der Waals surface area contributed by atoms with Crippen LogP contribution in [0.2, 0.25) is 0 Å². The first-order valence-corrected chi connectivity index (χ1v) is 5.81. The summed E-state index contributed by atoms with van der Waals surface area (Å²) >= 11 is 0. The Morgan fingerprint density at radius 2 is 2.00 bits per heavy atom. The van der Waals surface area contributed by atoms with Crippen LogP contribution in [-0.2, 0) is 9.53 Å². The Hall–Kier alpha value is -1.72. The molecule has 2 atom stereocenters. The van der Waals surface area contributed by atoms with E-state index in [1.807, 2.05) is 0 Å². The number of carbonyl (C=O) groups is 2. The molecule has 0 bridgehead atoms. The maximum atomic E-state index is 12.3. The number of hydrogen-bond donors (Lipinski definition) is 2. The first-order chi connectivity index (χ1) is 8.55. The molecule has 18 heavy (non-hydrogen) atoms. The average Bonchev–Trinajstić information content (AvgIpc) is 2.39. The number of ketones is 1. The lowest BCUT2D eigenvalue weighted by Gasteiger charge is -2.36. The van der Waals surface area contributed by atoms with E-state index >= 15 is 0 Å². The number of carbonyl (C=O) groups excluding carboxylic acids is 1. The van der Waals surface area contributed by atoms with Crippen molar-refractivity contribution in [1.82, 2.24) is 0 Å². The predicted molar refractivity (Wildman–Crippen MR) is 64.0 cm³/mol. The first-order valence-electron chi connectivity index (χ1n) is 5.81. The monoisotopic (exact) mass is 249 g/mol. The topological polar surface area (TPSA) is 89.6 Å². The van der Waals surface area contributed by atoms with Gasteiger partial charge in [0.1, 0.15) is 0 Å². The molecular weight excluding hydrogens is 234 g/mol. The lowest BCUT2D eigenvalue weighted by atomic mass is 9.83. The molecule has 96 valence electrons. The van der Waals surface area contributed by atoms with Gasteiger partial charge in [-0.05, 0) is 12.8 Å². The molecule has 1 saturated heterocycles. The van der Waals surface area contributed by atoms with Crippen LogP contribution in [0.5, 0.6) is 0 Å². The molecule has 1 aromatic rings. The van der Waals surface area contributed by atoms with E-state index in [1.165, 1.54) is 0 Å². The van der Waals surface area contributed by atoms with E-state index < -0.39 is 17.6 Å². The minimum atomic E-state index is -1.91. The van der Waals surface area contributed by atoms with Gasteiger partial charge in [-0.15, -0.1) is 0 Å². The summed E-state index contributed by atoms with van der Waals surface area (Å²) in [7, 11) is 0. The summed E-state index contributed by atoms with van der Waals surface area (Å²) in [5.41, 5.74) is 4.29. The summed E-state index contributed by atoms with van der Waals surface area (Å²) in [6.45, 7) is 0.265. The van der Waals surface area contributed by atoms with Crippen LogP contribution < -0.4 is 5.73 Å². The van der Waals surface area contributed by atoms with E-state index in [0.717, 1.165) is 0 Å². The zero-order valence-electron chi connectivity index (χ0n) is 9.83. The van der Waals surface area contributed by atoms with Gasteiger partial charge >= 0.3 is 5.97 Å². The molecule has 1 fully saturated rings. The molecule has 0 amide bonds. The molecule has 1 aliphatic rings. The van der Waals surface area contributed by atoms with Crippen LogP contribution in [0, 0.1) is 5.92 Å². The van der Waals surface area contributed by atoms with E-state index in [1.54, 1.807) is 30.3 Å². The lowest BCUT2D eigenvalue weighted by Crippen LogP contribution is -2.60. The molecule has 1 heterocycles. The first kappa shape index (κ1) is 12.7. The molecule has 0 radical (unpaired) electrons. The Labute approximate surface area is 105 Å². The molecule has 0 spiro atoms. The van der Waals surface area contributed by atoms with Crippen LogP contribution in [0.3, 0.4) is 0 Å². The number of Topliss-reactive ketones (excluding diaryl/α,β-unsaturated/α-hetero) is 1. The largest absolute Gasteiger partial charge is 0.478 e. The van der Waals surface area contributed by atoms with Crippen molar-refractivity contribution < 1.29 is 19.4 Å². The van der Waals surface area contributed by atoms with Gasteiger partial charge in [0.25, 0.3) is 0 Å². The van der Waals surface area contributed by atoms with Crippen molar-refractivity contribution in [3.8, 4) is 0 Å². The van der Waals surface area contributed by atoms with E-state index in [9.17, 15) is 9.59 Å². The third-order valence-corrected chi connectivity index (χ3v) is 3.20. The highest BCUT2D eigenvalue weighted by atomic mass is 16.5.